The van der Waals surface area contributed by atoms with E-state index in [1.165, 1.54) is 0 Å². The highest BCUT2D eigenvalue weighted by Crippen LogP contribution is 2.13. The van der Waals surface area contributed by atoms with Crippen LogP contribution in [0.2, 0.25) is 0 Å². The average Bonchev–Trinajstić information content (AvgIpc) is 2.44. The van der Waals surface area contributed by atoms with Crippen LogP contribution < -0.4 is 16.6 Å². The number of hydrogen-bond acceptors (Lipinski definition) is 6. The van der Waals surface area contributed by atoms with Crippen molar-refractivity contribution in [3.05, 3.63) is 29.3 Å². The van der Waals surface area contributed by atoms with Crippen molar-refractivity contribution in [2.75, 3.05) is 12.0 Å². The van der Waals surface area contributed by atoms with Gasteiger partial charge >= 0.3 is 5.97 Å². The molecule has 7 nitrogen and oxygen atoms in total. The Balaban J connectivity index is 3.05. The number of carbonyl (C=O) groups is 1. The lowest BCUT2D eigenvalue weighted by molar-refractivity contribution is -0.134. The summed E-state index contributed by atoms with van der Waals surface area (Å²) in [6, 6.07) is 5.87. The van der Waals surface area contributed by atoms with E-state index >= 15 is 0 Å². The first-order valence-corrected chi connectivity index (χ1v) is 7.43. The molecule has 0 aromatic heterocycles. The lowest BCUT2D eigenvalue weighted by Gasteiger charge is -2.08. The average molecular weight is 335 g/mol. The molecule has 0 saturated carbocycles. The number of nitrogens with two attached hydrogens (primary N) is 1. The molecular formula is C15H21N5O2S. The van der Waals surface area contributed by atoms with E-state index in [2.05, 4.69) is 33.3 Å². The van der Waals surface area contributed by atoms with Crippen LogP contribution in [0.1, 0.15) is 25.0 Å². The minimum absolute atomic E-state index is 0.00479. The number of thiocarbonyl (C=S) groups is 1. The highest BCUT2D eigenvalue weighted by atomic mass is 32.1. The molecule has 0 saturated heterocycles. The molecule has 0 aliphatic heterocycles. The minimum atomic E-state index is -0.588. The first-order valence-electron chi connectivity index (χ1n) is 7.02. The van der Waals surface area contributed by atoms with Gasteiger partial charge in [-0.2, -0.15) is 10.2 Å². The van der Waals surface area contributed by atoms with Crippen LogP contribution in [0.3, 0.4) is 0 Å². The van der Waals surface area contributed by atoms with Gasteiger partial charge < -0.3 is 10.5 Å². The van der Waals surface area contributed by atoms with E-state index < -0.39 is 5.97 Å². The summed E-state index contributed by atoms with van der Waals surface area (Å²) in [6.07, 6.45) is 0. The predicted molar refractivity (Wildman–Crippen MR) is 96.6 cm³/mol. The van der Waals surface area contributed by atoms with Crippen LogP contribution >= 0.6 is 12.2 Å². The maximum atomic E-state index is 12.0. The third kappa shape index (κ3) is 6.43. The van der Waals surface area contributed by atoms with Crippen molar-refractivity contribution >= 4 is 40.4 Å². The number of anilines is 1. The zero-order chi connectivity index (χ0) is 17.4. The van der Waals surface area contributed by atoms with Crippen LogP contribution in [0.4, 0.5) is 5.69 Å². The lowest BCUT2D eigenvalue weighted by atomic mass is 10.1. The molecule has 23 heavy (non-hydrogen) atoms. The van der Waals surface area contributed by atoms with E-state index in [0.717, 1.165) is 16.8 Å². The Bertz CT molecular complexity index is 635. The predicted octanol–water partition coefficient (Wildman–Crippen LogP) is 1.84. The van der Waals surface area contributed by atoms with Gasteiger partial charge in [0.1, 0.15) is 0 Å². The van der Waals surface area contributed by atoms with Crippen molar-refractivity contribution in [3.63, 3.8) is 0 Å². The molecule has 1 aromatic carbocycles. The highest BCUT2D eigenvalue weighted by molar-refractivity contribution is 7.80. The van der Waals surface area contributed by atoms with Gasteiger partial charge in [0.2, 0.25) is 0 Å². The molecular weight excluding hydrogens is 314 g/mol. The lowest BCUT2D eigenvalue weighted by Crippen LogP contribution is -2.30. The normalized spacial score (nSPS) is 11.8. The van der Waals surface area contributed by atoms with Crippen molar-refractivity contribution in [1.29, 1.82) is 0 Å². The zero-order valence-corrected chi connectivity index (χ0v) is 14.5. The maximum absolute atomic E-state index is 12.0. The second kappa shape index (κ2) is 8.84. The number of aryl methyl sites for hydroxylation is 2. The molecule has 0 aliphatic rings. The van der Waals surface area contributed by atoms with Crippen molar-refractivity contribution in [2.24, 2.45) is 15.9 Å². The Hall–Kier alpha value is -2.48. The number of carbonyl (C=O) groups excluding carboxylic acids is 1. The second-order valence-electron chi connectivity index (χ2n) is 4.84. The fourth-order valence-electron chi connectivity index (χ4n) is 1.83. The van der Waals surface area contributed by atoms with Gasteiger partial charge in [-0.1, -0.05) is 6.07 Å². The number of hydrogen-bond donors (Lipinski definition) is 3. The molecule has 0 bridgehead atoms. The number of esters is 1. The number of rotatable bonds is 6. The van der Waals surface area contributed by atoms with E-state index in [1.54, 1.807) is 13.8 Å². The topological polar surface area (TPSA) is 101 Å². The zero-order valence-electron chi connectivity index (χ0n) is 13.6. The summed E-state index contributed by atoms with van der Waals surface area (Å²) in [5.74, 6) is -0.588. The van der Waals surface area contributed by atoms with Crippen LogP contribution in [-0.2, 0) is 9.53 Å². The molecule has 0 spiro atoms. The molecule has 0 radical (unpaired) electrons. The summed E-state index contributed by atoms with van der Waals surface area (Å²) < 4.78 is 4.99. The van der Waals surface area contributed by atoms with E-state index in [1.807, 2.05) is 32.0 Å². The third-order valence-corrected chi connectivity index (χ3v) is 2.76. The first-order chi connectivity index (χ1) is 10.8. The van der Waals surface area contributed by atoms with Gasteiger partial charge in [-0.3, -0.25) is 10.9 Å². The Morgan fingerprint density at radius 1 is 1.26 bits per heavy atom. The number of nitrogens with one attached hydrogen (secondary N) is 2. The quantitative estimate of drug-likeness (QED) is 0.317. The second-order valence-corrected chi connectivity index (χ2v) is 5.28. The van der Waals surface area contributed by atoms with Crippen LogP contribution in [0.25, 0.3) is 0 Å². The summed E-state index contributed by atoms with van der Waals surface area (Å²) >= 11 is 4.68. The van der Waals surface area contributed by atoms with Gasteiger partial charge in [-0.05, 0) is 63.2 Å². The summed E-state index contributed by atoms with van der Waals surface area (Å²) in [7, 11) is 0. The Morgan fingerprint density at radius 2 is 1.87 bits per heavy atom. The van der Waals surface area contributed by atoms with Gasteiger partial charge in [0, 0.05) is 0 Å². The minimum Gasteiger partial charge on any atom is -0.461 e. The van der Waals surface area contributed by atoms with Gasteiger partial charge in [0.15, 0.2) is 10.8 Å². The van der Waals surface area contributed by atoms with Gasteiger partial charge in [-0.25, -0.2) is 4.79 Å². The highest BCUT2D eigenvalue weighted by Gasteiger charge is 2.17. The van der Waals surface area contributed by atoms with Crippen LogP contribution in [0.5, 0.6) is 0 Å². The molecule has 1 rings (SSSR count). The fraction of sp³-hybridized carbons (Fsp3) is 0.333. The van der Waals surface area contributed by atoms with Crippen molar-refractivity contribution < 1.29 is 9.53 Å². The SMILES string of the molecule is CCOC(=O)C(=N\Nc1cc(C)cc(C)c1)/C(C)=N\NC(N)=S. The Labute approximate surface area is 141 Å². The summed E-state index contributed by atoms with van der Waals surface area (Å²) in [6.45, 7) is 7.51. The molecule has 8 heteroatoms. The molecule has 0 fully saturated rings. The van der Waals surface area contributed by atoms with Gasteiger partial charge in [0.05, 0.1) is 18.0 Å². The number of nitrogens with zero attached hydrogens (tertiary/aromatic N) is 2. The number of hydrazone groups is 2. The molecule has 0 aliphatic carbocycles. The number of ether oxygens (including phenoxy) is 1. The molecule has 0 atom stereocenters. The van der Waals surface area contributed by atoms with E-state index in [0.29, 0.717) is 5.71 Å². The van der Waals surface area contributed by atoms with Gasteiger partial charge in [-0.15, -0.1) is 0 Å². The van der Waals surface area contributed by atoms with Crippen LogP contribution in [0.15, 0.2) is 28.4 Å². The smallest absolute Gasteiger partial charge is 0.360 e. The molecule has 0 amide bonds. The summed E-state index contributed by atoms with van der Waals surface area (Å²) in [4.78, 5) is 12.0. The first kappa shape index (κ1) is 18.6. The maximum Gasteiger partial charge on any atom is 0.360 e. The molecule has 4 N–H and O–H groups in total. The molecule has 0 unspecified atom stereocenters. The largest absolute Gasteiger partial charge is 0.461 e. The molecule has 0 heterocycles. The van der Waals surface area contributed by atoms with Crippen LogP contribution in [0, 0.1) is 13.8 Å². The van der Waals surface area contributed by atoms with E-state index in [9.17, 15) is 4.79 Å². The van der Waals surface area contributed by atoms with E-state index in [-0.39, 0.29) is 17.4 Å². The van der Waals surface area contributed by atoms with Crippen molar-refractivity contribution in [2.45, 2.75) is 27.7 Å². The van der Waals surface area contributed by atoms with Crippen molar-refractivity contribution in [3.8, 4) is 0 Å². The van der Waals surface area contributed by atoms with Gasteiger partial charge in [0.25, 0.3) is 0 Å². The molecule has 124 valence electrons. The Kier molecular flexibility index (Phi) is 7.14. The monoisotopic (exact) mass is 335 g/mol. The third-order valence-electron chi connectivity index (χ3n) is 2.66. The van der Waals surface area contributed by atoms with Crippen LogP contribution in [-0.4, -0.2) is 29.1 Å². The summed E-state index contributed by atoms with van der Waals surface area (Å²) in [5.41, 5.74) is 13.9. The molecule has 1 aromatic rings. The van der Waals surface area contributed by atoms with E-state index in [4.69, 9.17) is 10.5 Å². The van der Waals surface area contributed by atoms with Crippen molar-refractivity contribution in [1.82, 2.24) is 5.43 Å². The standard InChI is InChI=1S/C15H21N5O2S/c1-5-22-14(21)13(11(4)17-20-15(16)23)19-18-12-7-9(2)6-10(3)8-12/h6-8,18H,5H2,1-4H3,(H3,16,20,23)/b17-11-,19-13-. The summed E-state index contributed by atoms with van der Waals surface area (Å²) in [5, 5.41) is 8.01. The number of benzene rings is 1. The Morgan fingerprint density at radius 3 is 2.39 bits per heavy atom. The fourth-order valence-corrected chi connectivity index (χ4v) is 1.87.